The number of nitrogens with zero attached hydrogens (tertiary/aromatic N) is 2. The molecule has 2 aliphatic heterocycles. The van der Waals surface area contributed by atoms with Gasteiger partial charge in [0, 0.05) is 25.3 Å². The molecule has 0 saturated carbocycles. The van der Waals surface area contributed by atoms with Crippen molar-refractivity contribution in [2.45, 2.75) is 36.6 Å². The average molecular weight is 370 g/mol. The number of carbonyl (C=O) groups is 1. The Hall–Kier alpha value is -2.18. The number of aryl methyl sites for hydroxylation is 1. The lowest BCUT2D eigenvalue weighted by Gasteiger charge is -2.23. The van der Waals surface area contributed by atoms with Crippen LogP contribution in [0.4, 0.5) is 5.69 Å². The molecule has 0 unspecified atom stereocenters. The van der Waals surface area contributed by atoms with E-state index in [9.17, 15) is 13.2 Å². The largest absolute Gasteiger partial charge is 0.314 e. The van der Waals surface area contributed by atoms with Crippen LogP contribution in [-0.4, -0.2) is 38.3 Å². The summed E-state index contributed by atoms with van der Waals surface area (Å²) in [4.78, 5) is 15.0. The van der Waals surface area contributed by atoms with Crippen molar-refractivity contribution in [3.8, 4) is 0 Å². The van der Waals surface area contributed by atoms with Gasteiger partial charge in [-0.3, -0.25) is 4.79 Å². The number of rotatable bonds is 2. The second kappa shape index (κ2) is 5.66. The monoisotopic (exact) mass is 370 g/mol. The molecule has 0 aliphatic carbocycles. The van der Waals surface area contributed by atoms with E-state index in [0.29, 0.717) is 6.42 Å². The predicted octanol–water partition coefficient (Wildman–Crippen LogP) is 2.69. The number of para-hydroxylation sites is 1. The molecule has 2 aromatic carbocycles. The molecule has 4 rings (SSSR count). The van der Waals surface area contributed by atoms with E-state index >= 15 is 0 Å². The van der Waals surface area contributed by atoms with Crippen LogP contribution in [0.15, 0.2) is 53.4 Å². The van der Waals surface area contributed by atoms with Crippen molar-refractivity contribution in [2.24, 2.45) is 0 Å². The van der Waals surface area contributed by atoms with Gasteiger partial charge in [0.1, 0.15) is 0 Å². The predicted molar refractivity (Wildman–Crippen MR) is 101 cm³/mol. The van der Waals surface area contributed by atoms with Gasteiger partial charge >= 0.3 is 0 Å². The number of likely N-dealkylation sites (N-methyl/N-ethyl adjacent to an activating group) is 1. The van der Waals surface area contributed by atoms with Crippen molar-refractivity contribution < 1.29 is 13.2 Å². The van der Waals surface area contributed by atoms with Gasteiger partial charge in [-0.05, 0) is 44.0 Å². The van der Waals surface area contributed by atoms with Crippen LogP contribution in [0.2, 0.25) is 0 Å². The van der Waals surface area contributed by atoms with Gasteiger partial charge in [-0.2, -0.15) is 4.31 Å². The minimum Gasteiger partial charge on any atom is -0.314 e. The number of fused-ring (bicyclic) bond motifs is 2. The molecule has 0 radical (unpaired) electrons. The smallest absolute Gasteiger partial charge is 0.243 e. The Labute approximate surface area is 154 Å². The molecule has 2 aromatic rings. The van der Waals surface area contributed by atoms with Gasteiger partial charge in [-0.15, -0.1) is 0 Å². The first-order valence-corrected chi connectivity index (χ1v) is 10.2. The van der Waals surface area contributed by atoms with Crippen molar-refractivity contribution in [1.29, 1.82) is 0 Å². The molecule has 1 fully saturated rings. The SMILES string of the molecule is Cc1ccc(S(=O)(=O)N2C[C@]3(C[C@@H]2C)C(=O)N(C)c2ccccc23)cc1. The van der Waals surface area contributed by atoms with E-state index in [1.807, 2.05) is 38.1 Å². The fourth-order valence-corrected chi connectivity index (χ4v) is 6.02. The molecule has 6 heteroatoms. The molecular formula is C20H22N2O3S. The molecule has 5 nitrogen and oxygen atoms in total. The minimum atomic E-state index is -3.65. The summed E-state index contributed by atoms with van der Waals surface area (Å²) in [6.07, 6.45) is 0.498. The van der Waals surface area contributed by atoms with Crippen LogP contribution in [0.3, 0.4) is 0 Å². The summed E-state index contributed by atoms with van der Waals surface area (Å²) in [5, 5.41) is 0. The highest BCUT2D eigenvalue weighted by Crippen LogP contribution is 2.49. The van der Waals surface area contributed by atoms with Gasteiger partial charge in [0.2, 0.25) is 15.9 Å². The lowest BCUT2D eigenvalue weighted by Crippen LogP contribution is -2.42. The molecule has 1 spiro atoms. The van der Waals surface area contributed by atoms with Gasteiger partial charge in [0.05, 0.1) is 10.3 Å². The maximum Gasteiger partial charge on any atom is 0.243 e. The van der Waals surface area contributed by atoms with Gasteiger partial charge in [-0.1, -0.05) is 35.9 Å². The van der Waals surface area contributed by atoms with E-state index < -0.39 is 15.4 Å². The first kappa shape index (κ1) is 17.2. The number of amides is 1. The van der Waals surface area contributed by atoms with Crippen molar-refractivity contribution in [2.75, 3.05) is 18.5 Å². The number of anilines is 1. The normalized spacial score (nSPS) is 25.9. The van der Waals surface area contributed by atoms with Crippen LogP contribution >= 0.6 is 0 Å². The molecule has 2 heterocycles. The Morgan fingerprint density at radius 3 is 2.42 bits per heavy atom. The Morgan fingerprint density at radius 1 is 1.08 bits per heavy atom. The maximum atomic E-state index is 13.2. The van der Waals surface area contributed by atoms with E-state index in [1.165, 1.54) is 4.31 Å². The molecule has 0 N–H and O–H groups in total. The number of sulfonamides is 1. The number of benzene rings is 2. The van der Waals surface area contributed by atoms with Crippen LogP contribution in [0.1, 0.15) is 24.5 Å². The average Bonchev–Trinajstić information content (AvgIpc) is 3.08. The Morgan fingerprint density at radius 2 is 1.73 bits per heavy atom. The highest BCUT2D eigenvalue weighted by Gasteiger charge is 2.57. The van der Waals surface area contributed by atoms with E-state index in [0.717, 1.165) is 16.8 Å². The summed E-state index contributed by atoms with van der Waals surface area (Å²) in [6.45, 7) is 3.99. The third kappa shape index (κ3) is 2.25. The summed E-state index contributed by atoms with van der Waals surface area (Å²) in [6, 6.07) is 14.3. The molecule has 1 saturated heterocycles. The first-order valence-electron chi connectivity index (χ1n) is 8.73. The third-order valence-electron chi connectivity index (χ3n) is 5.68. The van der Waals surface area contributed by atoms with Crippen molar-refractivity contribution in [1.82, 2.24) is 4.31 Å². The molecule has 0 bridgehead atoms. The zero-order valence-corrected chi connectivity index (χ0v) is 16.0. The lowest BCUT2D eigenvalue weighted by molar-refractivity contribution is -0.122. The summed E-state index contributed by atoms with van der Waals surface area (Å²) in [5.41, 5.74) is 2.03. The Kier molecular flexibility index (Phi) is 3.75. The van der Waals surface area contributed by atoms with Gasteiger partial charge < -0.3 is 4.90 Å². The summed E-state index contributed by atoms with van der Waals surface area (Å²) >= 11 is 0. The Balaban J connectivity index is 1.77. The van der Waals surface area contributed by atoms with E-state index in [4.69, 9.17) is 0 Å². The Bertz CT molecular complexity index is 984. The van der Waals surface area contributed by atoms with Crippen molar-refractivity contribution in [3.63, 3.8) is 0 Å². The molecule has 1 amide bonds. The minimum absolute atomic E-state index is 0.0212. The maximum absolute atomic E-state index is 13.2. The summed E-state index contributed by atoms with van der Waals surface area (Å²) in [7, 11) is -1.89. The zero-order valence-electron chi connectivity index (χ0n) is 15.1. The second-order valence-corrected chi connectivity index (χ2v) is 9.27. The fourth-order valence-electron chi connectivity index (χ4n) is 4.33. The molecule has 26 heavy (non-hydrogen) atoms. The summed E-state index contributed by atoms with van der Waals surface area (Å²) < 4.78 is 27.9. The van der Waals surface area contributed by atoms with Crippen molar-refractivity contribution in [3.05, 3.63) is 59.7 Å². The molecular weight excluding hydrogens is 348 g/mol. The quantitative estimate of drug-likeness (QED) is 0.817. The standard InChI is InChI=1S/C20H22N2O3S/c1-14-8-10-16(11-9-14)26(24,25)22-13-20(12-15(22)2)17-6-4-5-7-18(17)21(3)19(20)23/h4-11,15H,12-13H2,1-3H3/t15-,20-/m0/s1. The first-order chi connectivity index (χ1) is 12.3. The molecule has 136 valence electrons. The van der Waals surface area contributed by atoms with Crippen molar-refractivity contribution >= 4 is 21.6 Å². The van der Waals surface area contributed by atoms with Crippen LogP contribution < -0.4 is 4.90 Å². The number of hydrogen-bond acceptors (Lipinski definition) is 3. The fraction of sp³-hybridized carbons (Fsp3) is 0.350. The van der Waals surface area contributed by atoms with Gasteiger partial charge in [0.15, 0.2) is 0 Å². The van der Waals surface area contributed by atoms with E-state index in [2.05, 4.69) is 0 Å². The van der Waals surface area contributed by atoms with Crippen LogP contribution in [0.5, 0.6) is 0 Å². The highest BCUT2D eigenvalue weighted by atomic mass is 32.2. The van der Waals surface area contributed by atoms with E-state index in [-0.39, 0.29) is 23.4 Å². The van der Waals surface area contributed by atoms with Crippen LogP contribution in [0, 0.1) is 6.92 Å². The molecule has 2 aliphatic rings. The number of carbonyl (C=O) groups excluding carboxylic acids is 1. The zero-order chi connectivity index (χ0) is 18.7. The van der Waals surface area contributed by atoms with E-state index in [1.54, 1.807) is 36.2 Å². The second-order valence-electron chi connectivity index (χ2n) is 7.38. The van der Waals surface area contributed by atoms with Gasteiger partial charge in [0.25, 0.3) is 0 Å². The third-order valence-corrected chi connectivity index (χ3v) is 7.66. The van der Waals surface area contributed by atoms with Crippen LogP contribution in [0.25, 0.3) is 0 Å². The highest BCUT2D eigenvalue weighted by molar-refractivity contribution is 7.89. The lowest BCUT2D eigenvalue weighted by atomic mass is 9.80. The molecule has 2 atom stereocenters. The molecule has 0 aromatic heterocycles. The summed E-state index contributed by atoms with van der Waals surface area (Å²) in [5.74, 6) is -0.0212. The topological polar surface area (TPSA) is 57.7 Å². The van der Waals surface area contributed by atoms with Gasteiger partial charge in [-0.25, -0.2) is 8.42 Å². The van der Waals surface area contributed by atoms with Crippen LogP contribution in [-0.2, 0) is 20.2 Å². The number of hydrogen-bond donors (Lipinski definition) is 0.